The number of hydrogen-bond donors (Lipinski definition) is 0. The lowest BCUT2D eigenvalue weighted by Gasteiger charge is -2.29. The van der Waals surface area contributed by atoms with Gasteiger partial charge in [-0.25, -0.2) is 0 Å². The first-order valence-corrected chi connectivity index (χ1v) is 8.60. The molecule has 2 aromatic carbocycles. The van der Waals surface area contributed by atoms with Crippen molar-refractivity contribution in [1.29, 1.82) is 0 Å². The second kappa shape index (κ2) is 6.78. The van der Waals surface area contributed by atoms with Crippen molar-refractivity contribution in [2.45, 2.75) is 65.9 Å². The van der Waals surface area contributed by atoms with E-state index in [0.717, 1.165) is 5.75 Å². The highest BCUT2D eigenvalue weighted by molar-refractivity contribution is 5.50. The van der Waals surface area contributed by atoms with Crippen molar-refractivity contribution < 1.29 is 4.74 Å². The van der Waals surface area contributed by atoms with E-state index in [-0.39, 0.29) is 11.5 Å². The Kier molecular flexibility index (Phi) is 5.19. The molecule has 0 spiro atoms. The van der Waals surface area contributed by atoms with Crippen molar-refractivity contribution >= 4 is 0 Å². The van der Waals surface area contributed by atoms with Crippen molar-refractivity contribution in [2.24, 2.45) is 0 Å². The lowest BCUT2D eigenvalue weighted by molar-refractivity contribution is 0.237. The van der Waals surface area contributed by atoms with E-state index in [2.05, 4.69) is 90.9 Å². The Morgan fingerprint density at radius 1 is 0.870 bits per heavy atom. The number of ether oxygens (including phenoxy) is 1. The molecular weight excluding hydrogens is 280 g/mol. The normalized spacial score (nSPS) is 12.0. The van der Waals surface area contributed by atoms with Gasteiger partial charge in [0.1, 0.15) is 5.75 Å². The van der Waals surface area contributed by atoms with Gasteiger partial charge in [0.2, 0.25) is 0 Å². The monoisotopic (exact) mass is 310 g/mol. The third kappa shape index (κ3) is 3.77. The fourth-order valence-electron chi connectivity index (χ4n) is 3.01. The van der Waals surface area contributed by atoms with E-state index in [1.807, 2.05) is 0 Å². The molecule has 2 aromatic rings. The summed E-state index contributed by atoms with van der Waals surface area (Å²) >= 11 is 0. The maximum Gasteiger partial charge on any atom is 0.126 e. The average molecular weight is 310 g/mol. The van der Waals surface area contributed by atoms with E-state index in [9.17, 15) is 0 Å². The van der Waals surface area contributed by atoms with Crippen LogP contribution >= 0.6 is 0 Å². The Morgan fingerprint density at radius 3 is 2.00 bits per heavy atom. The fourth-order valence-corrected chi connectivity index (χ4v) is 3.01. The van der Waals surface area contributed by atoms with Crippen LogP contribution in [0.1, 0.15) is 69.7 Å². The van der Waals surface area contributed by atoms with Crippen LogP contribution in [0.4, 0.5) is 0 Å². The summed E-state index contributed by atoms with van der Waals surface area (Å²) in [4.78, 5) is 0. The molecule has 0 saturated heterocycles. The maximum absolute atomic E-state index is 6.11. The molecule has 0 aromatic heterocycles. The number of hydrogen-bond acceptors (Lipinski definition) is 1. The van der Waals surface area contributed by atoms with Crippen LogP contribution in [-0.2, 0) is 5.41 Å². The molecule has 0 amide bonds. The molecule has 124 valence electrons. The van der Waals surface area contributed by atoms with Crippen LogP contribution in [0.2, 0.25) is 0 Å². The van der Waals surface area contributed by atoms with Crippen LogP contribution in [0.3, 0.4) is 0 Å². The molecule has 0 radical (unpaired) electrons. The van der Waals surface area contributed by atoms with Gasteiger partial charge in [0.25, 0.3) is 0 Å². The summed E-state index contributed by atoms with van der Waals surface area (Å²) in [5, 5.41) is 0. The van der Waals surface area contributed by atoms with Crippen LogP contribution in [0.5, 0.6) is 5.75 Å². The van der Waals surface area contributed by atoms with Gasteiger partial charge in [-0.3, -0.25) is 0 Å². The van der Waals surface area contributed by atoms with Crippen LogP contribution in [0, 0.1) is 6.92 Å². The smallest absolute Gasteiger partial charge is 0.126 e. The first kappa shape index (κ1) is 17.6. The van der Waals surface area contributed by atoms with Crippen LogP contribution in [0.15, 0.2) is 42.5 Å². The van der Waals surface area contributed by atoms with Crippen LogP contribution in [-0.4, -0.2) is 6.10 Å². The largest absolute Gasteiger partial charge is 0.490 e. The van der Waals surface area contributed by atoms with E-state index in [1.54, 1.807) is 0 Å². The Balaban J connectivity index is 2.57. The second-order valence-electron chi connectivity index (χ2n) is 7.52. The Morgan fingerprint density at radius 2 is 1.48 bits per heavy atom. The van der Waals surface area contributed by atoms with Gasteiger partial charge in [0, 0.05) is 5.41 Å². The van der Waals surface area contributed by atoms with Gasteiger partial charge in [-0.15, -0.1) is 0 Å². The molecule has 2 rings (SSSR count). The van der Waals surface area contributed by atoms with E-state index in [4.69, 9.17) is 4.74 Å². The van der Waals surface area contributed by atoms with Gasteiger partial charge >= 0.3 is 0 Å². The number of benzene rings is 2. The highest BCUT2D eigenvalue weighted by Crippen LogP contribution is 2.38. The summed E-state index contributed by atoms with van der Waals surface area (Å²) in [6.45, 7) is 15.4. The minimum Gasteiger partial charge on any atom is -0.490 e. The summed E-state index contributed by atoms with van der Waals surface area (Å²) in [6, 6.07) is 15.3. The summed E-state index contributed by atoms with van der Waals surface area (Å²) < 4.78 is 6.11. The van der Waals surface area contributed by atoms with Gasteiger partial charge in [0.05, 0.1) is 6.10 Å². The van der Waals surface area contributed by atoms with Crippen molar-refractivity contribution in [3.05, 3.63) is 64.7 Å². The van der Waals surface area contributed by atoms with Crippen molar-refractivity contribution in [2.75, 3.05) is 0 Å². The Hall–Kier alpha value is -1.76. The van der Waals surface area contributed by atoms with E-state index in [0.29, 0.717) is 5.92 Å². The molecule has 0 bridgehead atoms. The molecule has 0 aliphatic carbocycles. The Bertz CT molecular complexity index is 651. The second-order valence-corrected chi connectivity index (χ2v) is 7.52. The molecule has 1 heteroatoms. The Labute approximate surface area is 141 Å². The third-order valence-electron chi connectivity index (χ3n) is 4.50. The van der Waals surface area contributed by atoms with Gasteiger partial charge in [-0.2, -0.15) is 0 Å². The standard InChI is InChI=1S/C22H30O/c1-15(2)20-14-19(13-17(5)21(20)23-16(3)4)22(6,7)18-11-9-8-10-12-18/h8-16H,1-7H3. The van der Waals surface area contributed by atoms with Gasteiger partial charge in [0.15, 0.2) is 0 Å². The summed E-state index contributed by atoms with van der Waals surface area (Å²) in [5.41, 5.74) is 5.20. The quantitative estimate of drug-likeness (QED) is 0.636. The third-order valence-corrected chi connectivity index (χ3v) is 4.50. The first-order valence-electron chi connectivity index (χ1n) is 8.60. The fraction of sp³-hybridized carbons (Fsp3) is 0.455. The number of aryl methyl sites for hydroxylation is 1. The van der Waals surface area contributed by atoms with E-state index >= 15 is 0 Å². The molecule has 0 fully saturated rings. The van der Waals surface area contributed by atoms with Crippen LogP contribution in [0.25, 0.3) is 0 Å². The zero-order chi connectivity index (χ0) is 17.2. The lowest BCUT2D eigenvalue weighted by atomic mass is 9.76. The molecular formula is C22H30O. The maximum atomic E-state index is 6.11. The van der Waals surface area contributed by atoms with Gasteiger partial charge in [-0.1, -0.05) is 70.2 Å². The predicted octanol–water partition coefficient (Wildman–Crippen LogP) is 6.23. The molecule has 0 atom stereocenters. The van der Waals surface area contributed by atoms with Crippen molar-refractivity contribution in [3.63, 3.8) is 0 Å². The molecule has 0 N–H and O–H groups in total. The van der Waals surface area contributed by atoms with Gasteiger partial charge in [-0.05, 0) is 48.9 Å². The van der Waals surface area contributed by atoms with Crippen LogP contribution < -0.4 is 4.74 Å². The van der Waals surface area contributed by atoms with Crippen molar-refractivity contribution in [3.8, 4) is 5.75 Å². The summed E-state index contributed by atoms with van der Waals surface area (Å²) in [7, 11) is 0. The lowest BCUT2D eigenvalue weighted by Crippen LogP contribution is -2.20. The highest BCUT2D eigenvalue weighted by atomic mass is 16.5. The molecule has 0 heterocycles. The van der Waals surface area contributed by atoms with Gasteiger partial charge < -0.3 is 4.74 Å². The number of rotatable bonds is 5. The average Bonchev–Trinajstić information content (AvgIpc) is 2.49. The van der Waals surface area contributed by atoms with E-state index < -0.39 is 0 Å². The zero-order valence-electron chi connectivity index (χ0n) is 15.6. The minimum absolute atomic E-state index is 0.0218. The summed E-state index contributed by atoms with van der Waals surface area (Å²) in [6.07, 6.45) is 0.194. The topological polar surface area (TPSA) is 9.23 Å². The van der Waals surface area contributed by atoms with Crippen molar-refractivity contribution in [1.82, 2.24) is 0 Å². The SMILES string of the molecule is Cc1cc(C(C)(C)c2ccccc2)cc(C(C)C)c1OC(C)C. The predicted molar refractivity (Wildman–Crippen MR) is 99.6 cm³/mol. The molecule has 1 nitrogen and oxygen atoms in total. The molecule has 0 unspecified atom stereocenters. The molecule has 23 heavy (non-hydrogen) atoms. The summed E-state index contributed by atoms with van der Waals surface area (Å²) in [5.74, 6) is 1.50. The minimum atomic E-state index is -0.0218. The molecule has 0 aliphatic rings. The highest BCUT2D eigenvalue weighted by Gasteiger charge is 2.25. The molecule has 0 aliphatic heterocycles. The first-order chi connectivity index (χ1) is 10.7. The van der Waals surface area contributed by atoms with E-state index in [1.165, 1.54) is 22.3 Å². The zero-order valence-corrected chi connectivity index (χ0v) is 15.6. The molecule has 0 saturated carbocycles.